The second kappa shape index (κ2) is 6.91. The number of morpholine rings is 1. The Hall–Kier alpha value is -0.900. The minimum absolute atomic E-state index is 0.156. The molecule has 21 heavy (non-hydrogen) atoms. The predicted octanol–water partition coefficient (Wildman–Crippen LogP) is 2.99. The molecule has 2 rings (SSSR count). The molecule has 0 aromatic heterocycles. The Kier molecular flexibility index (Phi) is 5.42. The molecule has 2 atom stereocenters. The van der Waals surface area contributed by atoms with Crippen LogP contribution in [0.2, 0.25) is 0 Å². The third-order valence-electron chi connectivity index (χ3n) is 4.31. The first-order valence-corrected chi connectivity index (χ1v) is 7.96. The van der Waals surface area contributed by atoms with Gasteiger partial charge in [0.25, 0.3) is 0 Å². The summed E-state index contributed by atoms with van der Waals surface area (Å²) in [6, 6.07) is 8.42. The van der Waals surface area contributed by atoms with Gasteiger partial charge in [-0.05, 0) is 22.5 Å². The van der Waals surface area contributed by atoms with E-state index in [2.05, 4.69) is 56.9 Å². The minimum atomic E-state index is -0.401. The Bertz CT molecular complexity index is 430. The van der Waals surface area contributed by atoms with Crippen molar-refractivity contribution >= 4 is 0 Å². The lowest BCUT2D eigenvalue weighted by Gasteiger charge is -2.31. The fraction of sp³-hybridized carbons (Fsp3) is 0.667. The molecule has 0 spiro atoms. The molecule has 3 heteroatoms. The summed E-state index contributed by atoms with van der Waals surface area (Å²) < 4.78 is 5.37. The van der Waals surface area contributed by atoms with E-state index < -0.39 is 6.10 Å². The maximum absolute atomic E-state index is 10.6. The Labute approximate surface area is 128 Å². The maximum Gasteiger partial charge on any atom is 0.0827 e. The van der Waals surface area contributed by atoms with E-state index in [1.807, 2.05) is 0 Å². The van der Waals surface area contributed by atoms with Gasteiger partial charge in [0.1, 0.15) is 0 Å². The summed E-state index contributed by atoms with van der Waals surface area (Å²) in [5.41, 5.74) is 2.48. The molecule has 1 saturated heterocycles. The fourth-order valence-corrected chi connectivity index (χ4v) is 2.80. The van der Waals surface area contributed by atoms with Crippen LogP contribution in [0.5, 0.6) is 0 Å². The number of rotatable bonds is 4. The molecule has 0 aliphatic carbocycles. The van der Waals surface area contributed by atoms with Crippen LogP contribution in [0.1, 0.15) is 44.9 Å². The van der Waals surface area contributed by atoms with Gasteiger partial charge in [-0.1, -0.05) is 52.0 Å². The van der Waals surface area contributed by atoms with E-state index in [9.17, 15) is 5.11 Å². The van der Waals surface area contributed by atoms with Crippen molar-refractivity contribution in [3.63, 3.8) is 0 Å². The third kappa shape index (κ3) is 4.53. The van der Waals surface area contributed by atoms with Crippen LogP contribution < -0.4 is 0 Å². The molecule has 1 aromatic carbocycles. The zero-order valence-electron chi connectivity index (χ0n) is 13.8. The van der Waals surface area contributed by atoms with Crippen molar-refractivity contribution in [3.8, 4) is 0 Å². The first-order valence-electron chi connectivity index (χ1n) is 7.96. The molecule has 118 valence electrons. The van der Waals surface area contributed by atoms with E-state index in [4.69, 9.17) is 4.74 Å². The van der Waals surface area contributed by atoms with Gasteiger partial charge in [-0.25, -0.2) is 0 Å². The second-order valence-corrected chi connectivity index (χ2v) is 7.21. The van der Waals surface area contributed by atoms with E-state index >= 15 is 0 Å². The first-order chi connectivity index (χ1) is 9.88. The van der Waals surface area contributed by atoms with Crippen molar-refractivity contribution in [2.45, 2.75) is 39.2 Å². The minimum Gasteiger partial charge on any atom is -0.388 e. The normalized spacial score (nSPS) is 20.2. The number of hydrogen-bond donors (Lipinski definition) is 1. The van der Waals surface area contributed by atoms with Crippen LogP contribution in [-0.2, 0) is 10.2 Å². The highest BCUT2D eigenvalue weighted by Crippen LogP contribution is 2.27. The Morgan fingerprint density at radius 1 is 1.14 bits per heavy atom. The molecule has 0 radical (unpaired) electrons. The third-order valence-corrected chi connectivity index (χ3v) is 4.31. The van der Waals surface area contributed by atoms with Crippen molar-refractivity contribution in [1.82, 2.24) is 4.90 Å². The lowest BCUT2D eigenvalue weighted by Crippen LogP contribution is -2.39. The fourth-order valence-electron chi connectivity index (χ4n) is 2.80. The number of ether oxygens (including phenoxy) is 1. The van der Waals surface area contributed by atoms with Gasteiger partial charge in [0.05, 0.1) is 19.3 Å². The molecule has 2 unspecified atom stereocenters. The van der Waals surface area contributed by atoms with Gasteiger partial charge in [-0.3, -0.25) is 4.90 Å². The quantitative estimate of drug-likeness (QED) is 0.925. The van der Waals surface area contributed by atoms with Gasteiger partial charge in [0.15, 0.2) is 0 Å². The average Bonchev–Trinajstić information content (AvgIpc) is 2.46. The molecule has 1 heterocycles. The summed E-state index contributed by atoms with van der Waals surface area (Å²) >= 11 is 0. The summed E-state index contributed by atoms with van der Waals surface area (Å²) in [6.07, 6.45) is -0.401. The highest BCUT2D eigenvalue weighted by atomic mass is 16.5. The summed E-state index contributed by atoms with van der Waals surface area (Å²) in [5, 5.41) is 10.6. The van der Waals surface area contributed by atoms with Crippen molar-refractivity contribution in [1.29, 1.82) is 0 Å². The summed E-state index contributed by atoms with van der Waals surface area (Å²) in [5.74, 6) is 0.226. The molecule has 1 aliphatic heterocycles. The highest BCUT2D eigenvalue weighted by molar-refractivity contribution is 5.28. The number of hydrogen-bond acceptors (Lipinski definition) is 3. The molecule has 1 aliphatic rings. The van der Waals surface area contributed by atoms with Crippen LogP contribution in [0.15, 0.2) is 24.3 Å². The Balaban J connectivity index is 1.96. The van der Waals surface area contributed by atoms with Gasteiger partial charge in [0, 0.05) is 19.6 Å². The summed E-state index contributed by atoms with van der Waals surface area (Å²) in [6.45, 7) is 13.2. The highest BCUT2D eigenvalue weighted by Gasteiger charge is 2.21. The van der Waals surface area contributed by atoms with E-state index in [1.54, 1.807) is 0 Å². The lowest BCUT2D eigenvalue weighted by atomic mass is 9.85. The zero-order valence-corrected chi connectivity index (χ0v) is 13.8. The van der Waals surface area contributed by atoms with Crippen LogP contribution in [0.4, 0.5) is 0 Å². The topological polar surface area (TPSA) is 32.7 Å². The van der Waals surface area contributed by atoms with E-state index in [1.165, 1.54) is 5.56 Å². The van der Waals surface area contributed by atoms with Crippen molar-refractivity contribution in [2.75, 3.05) is 32.8 Å². The molecule has 1 fully saturated rings. The Morgan fingerprint density at radius 2 is 1.71 bits per heavy atom. The molecule has 1 N–H and O–H groups in total. The number of benzene rings is 1. The first kappa shape index (κ1) is 16.5. The zero-order chi connectivity index (χ0) is 15.5. The smallest absolute Gasteiger partial charge is 0.0827 e. The molecular weight excluding hydrogens is 262 g/mol. The van der Waals surface area contributed by atoms with Gasteiger partial charge < -0.3 is 9.84 Å². The van der Waals surface area contributed by atoms with Crippen LogP contribution in [0.3, 0.4) is 0 Å². The van der Waals surface area contributed by atoms with Crippen LogP contribution in [0, 0.1) is 5.92 Å². The number of aliphatic hydroxyl groups is 1. The van der Waals surface area contributed by atoms with Gasteiger partial charge in [-0.2, -0.15) is 0 Å². The van der Waals surface area contributed by atoms with E-state index in [0.717, 1.165) is 38.4 Å². The van der Waals surface area contributed by atoms with Crippen LogP contribution >= 0.6 is 0 Å². The number of nitrogens with zero attached hydrogens (tertiary/aromatic N) is 1. The SMILES string of the molecule is CC(CN1CCOCC1)C(O)c1ccc(C(C)(C)C)cc1. The molecule has 1 aromatic rings. The summed E-state index contributed by atoms with van der Waals surface area (Å²) in [7, 11) is 0. The van der Waals surface area contributed by atoms with E-state index in [-0.39, 0.29) is 11.3 Å². The van der Waals surface area contributed by atoms with E-state index in [0.29, 0.717) is 0 Å². The monoisotopic (exact) mass is 291 g/mol. The van der Waals surface area contributed by atoms with Crippen molar-refractivity contribution in [3.05, 3.63) is 35.4 Å². The average molecular weight is 291 g/mol. The lowest BCUT2D eigenvalue weighted by molar-refractivity contribution is 0.0151. The van der Waals surface area contributed by atoms with Crippen molar-refractivity contribution in [2.24, 2.45) is 5.92 Å². The molecule has 3 nitrogen and oxygen atoms in total. The molecular formula is C18H29NO2. The number of aliphatic hydroxyl groups excluding tert-OH is 1. The van der Waals surface area contributed by atoms with Gasteiger partial charge in [0.2, 0.25) is 0 Å². The molecule has 0 amide bonds. The predicted molar refractivity (Wildman–Crippen MR) is 86.5 cm³/mol. The molecule has 0 saturated carbocycles. The second-order valence-electron chi connectivity index (χ2n) is 7.21. The van der Waals surface area contributed by atoms with Gasteiger partial charge >= 0.3 is 0 Å². The van der Waals surface area contributed by atoms with Crippen LogP contribution in [-0.4, -0.2) is 42.9 Å². The van der Waals surface area contributed by atoms with Gasteiger partial charge in [-0.15, -0.1) is 0 Å². The molecule has 0 bridgehead atoms. The standard InChI is InChI=1S/C18H29NO2/c1-14(13-19-9-11-21-12-10-19)17(20)15-5-7-16(8-6-15)18(2,3)4/h5-8,14,17,20H,9-13H2,1-4H3. The van der Waals surface area contributed by atoms with Crippen LogP contribution in [0.25, 0.3) is 0 Å². The Morgan fingerprint density at radius 3 is 2.24 bits per heavy atom. The van der Waals surface area contributed by atoms with Crippen molar-refractivity contribution < 1.29 is 9.84 Å². The maximum atomic E-state index is 10.6. The summed E-state index contributed by atoms with van der Waals surface area (Å²) in [4.78, 5) is 2.38. The largest absolute Gasteiger partial charge is 0.388 e.